The van der Waals surface area contributed by atoms with E-state index in [0.29, 0.717) is 0 Å². The molecule has 1 rings (SSSR count). The lowest BCUT2D eigenvalue weighted by Gasteiger charge is -2.20. The van der Waals surface area contributed by atoms with Crippen molar-refractivity contribution in [2.75, 3.05) is 13.6 Å². The average Bonchev–Trinajstić information content (AvgIpc) is 2.60. The number of likely N-dealkylation sites (N-methyl/N-ethyl adjacent to an activating group) is 1. The van der Waals surface area contributed by atoms with Gasteiger partial charge >= 0.3 is 0 Å². The third-order valence-electron chi connectivity index (χ3n) is 2.70. The van der Waals surface area contributed by atoms with Gasteiger partial charge in [0.15, 0.2) is 0 Å². The zero-order chi connectivity index (χ0) is 12.0. The number of aryl methyl sites for hydroxylation is 1. The van der Waals surface area contributed by atoms with Gasteiger partial charge in [0.2, 0.25) is 0 Å². The first-order valence-electron chi connectivity index (χ1n) is 6.11. The Balaban J connectivity index is 2.27. The molecule has 0 saturated heterocycles. The lowest BCUT2D eigenvalue weighted by Crippen LogP contribution is -2.34. The zero-order valence-electron chi connectivity index (χ0n) is 10.7. The van der Waals surface area contributed by atoms with Gasteiger partial charge in [-0.1, -0.05) is 19.8 Å². The van der Waals surface area contributed by atoms with E-state index in [1.54, 1.807) is 0 Å². The van der Waals surface area contributed by atoms with E-state index in [9.17, 15) is 0 Å². The quantitative estimate of drug-likeness (QED) is 0.774. The lowest BCUT2D eigenvalue weighted by molar-refractivity contribution is 0.269. The molecule has 1 heterocycles. The molecule has 0 aromatic carbocycles. The van der Waals surface area contributed by atoms with Crippen molar-refractivity contribution in [2.24, 2.45) is 5.73 Å². The second kappa shape index (κ2) is 6.71. The summed E-state index contributed by atoms with van der Waals surface area (Å²) in [5.41, 5.74) is 6.05. The minimum atomic E-state index is 0.279. The molecule has 0 bridgehead atoms. The first-order chi connectivity index (χ1) is 7.61. The van der Waals surface area contributed by atoms with Gasteiger partial charge in [-0.15, -0.1) is 0 Å². The van der Waals surface area contributed by atoms with E-state index in [-0.39, 0.29) is 6.04 Å². The summed E-state index contributed by atoms with van der Waals surface area (Å²) in [5.74, 6) is 1.99. The molecule has 3 heteroatoms. The van der Waals surface area contributed by atoms with Gasteiger partial charge in [0.1, 0.15) is 11.5 Å². The molecule has 0 aliphatic carbocycles. The van der Waals surface area contributed by atoms with Crippen molar-refractivity contribution in [3.63, 3.8) is 0 Å². The molecule has 16 heavy (non-hydrogen) atoms. The Bertz CT molecular complexity index is 296. The highest BCUT2D eigenvalue weighted by Gasteiger charge is 2.08. The normalized spacial score (nSPS) is 13.3. The van der Waals surface area contributed by atoms with Gasteiger partial charge in [-0.3, -0.25) is 4.90 Å². The Kier molecular flexibility index (Phi) is 5.56. The molecule has 0 amide bonds. The third-order valence-corrected chi connectivity index (χ3v) is 2.70. The fourth-order valence-corrected chi connectivity index (χ4v) is 1.86. The number of nitrogens with two attached hydrogens (primary N) is 1. The van der Waals surface area contributed by atoms with Crippen molar-refractivity contribution < 1.29 is 4.42 Å². The van der Waals surface area contributed by atoms with E-state index in [1.807, 2.05) is 19.1 Å². The standard InChI is InChI=1S/C13H24N2O/c1-4-5-6-12(14)9-15(3)10-13-8-7-11(2)16-13/h7-8,12H,4-6,9-10,14H2,1-3H3. The van der Waals surface area contributed by atoms with Crippen LogP contribution in [0.25, 0.3) is 0 Å². The van der Waals surface area contributed by atoms with Crippen LogP contribution in [0.15, 0.2) is 16.5 Å². The van der Waals surface area contributed by atoms with Gasteiger partial charge in [0, 0.05) is 12.6 Å². The predicted molar refractivity (Wildman–Crippen MR) is 67.3 cm³/mol. The first-order valence-corrected chi connectivity index (χ1v) is 6.11. The lowest BCUT2D eigenvalue weighted by atomic mass is 10.1. The van der Waals surface area contributed by atoms with Crippen LogP contribution in [0.2, 0.25) is 0 Å². The molecule has 1 unspecified atom stereocenters. The van der Waals surface area contributed by atoms with E-state index in [1.165, 1.54) is 12.8 Å². The summed E-state index contributed by atoms with van der Waals surface area (Å²) in [5, 5.41) is 0. The smallest absolute Gasteiger partial charge is 0.118 e. The van der Waals surface area contributed by atoms with Crippen molar-refractivity contribution in [1.29, 1.82) is 0 Å². The second-order valence-electron chi connectivity index (χ2n) is 4.61. The van der Waals surface area contributed by atoms with Crippen LogP contribution in [0.4, 0.5) is 0 Å². The molecule has 1 atom stereocenters. The summed E-state index contributed by atoms with van der Waals surface area (Å²) in [6.45, 7) is 5.94. The van der Waals surface area contributed by atoms with E-state index in [0.717, 1.165) is 31.0 Å². The molecule has 0 spiro atoms. The Labute approximate surface area is 98.6 Å². The van der Waals surface area contributed by atoms with Gasteiger partial charge in [-0.25, -0.2) is 0 Å². The topological polar surface area (TPSA) is 42.4 Å². The highest BCUT2D eigenvalue weighted by Crippen LogP contribution is 2.09. The van der Waals surface area contributed by atoms with E-state index >= 15 is 0 Å². The summed E-state index contributed by atoms with van der Waals surface area (Å²) in [7, 11) is 2.09. The van der Waals surface area contributed by atoms with Crippen LogP contribution in [0, 0.1) is 6.92 Å². The van der Waals surface area contributed by atoms with Gasteiger partial charge < -0.3 is 10.2 Å². The summed E-state index contributed by atoms with van der Waals surface area (Å²) in [6.07, 6.45) is 3.54. The van der Waals surface area contributed by atoms with Crippen LogP contribution < -0.4 is 5.73 Å². The van der Waals surface area contributed by atoms with Crippen LogP contribution >= 0.6 is 0 Å². The van der Waals surface area contributed by atoms with Gasteiger partial charge in [0.25, 0.3) is 0 Å². The average molecular weight is 224 g/mol. The SMILES string of the molecule is CCCCC(N)CN(C)Cc1ccc(C)o1. The number of unbranched alkanes of at least 4 members (excludes halogenated alkanes) is 1. The van der Waals surface area contributed by atoms with Crippen molar-refractivity contribution in [3.8, 4) is 0 Å². The minimum absolute atomic E-state index is 0.279. The Morgan fingerprint density at radius 1 is 1.44 bits per heavy atom. The van der Waals surface area contributed by atoms with Crippen LogP contribution in [-0.4, -0.2) is 24.5 Å². The fraction of sp³-hybridized carbons (Fsp3) is 0.692. The molecule has 0 saturated carbocycles. The van der Waals surface area contributed by atoms with Crippen LogP contribution in [0.5, 0.6) is 0 Å². The molecule has 0 radical (unpaired) electrons. The fourth-order valence-electron chi connectivity index (χ4n) is 1.86. The monoisotopic (exact) mass is 224 g/mol. The Morgan fingerprint density at radius 2 is 2.19 bits per heavy atom. The molecule has 2 N–H and O–H groups in total. The first kappa shape index (κ1) is 13.3. The number of furan rings is 1. The summed E-state index contributed by atoms with van der Waals surface area (Å²) in [4.78, 5) is 2.22. The Morgan fingerprint density at radius 3 is 2.75 bits per heavy atom. The van der Waals surface area contributed by atoms with E-state index < -0.39 is 0 Å². The number of rotatable bonds is 7. The van der Waals surface area contributed by atoms with E-state index in [4.69, 9.17) is 10.2 Å². The number of hydrogen-bond donors (Lipinski definition) is 1. The highest BCUT2D eigenvalue weighted by molar-refractivity contribution is 5.05. The van der Waals surface area contributed by atoms with Gasteiger partial charge in [0.05, 0.1) is 6.54 Å². The molecule has 0 aliphatic rings. The molecule has 1 aromatic rings. The molecule has 1 aromatic heterocycles. The maximum atomic E-state index is 6.05. The Hall–Kier alpha value is -0.800. The summed E-state index contributed by atoms with van der Waals surface area (Å²) in [6, 6.07) is 4.31. The minimum Gasteiger partial charge on any atom is -0.465 e. The third kappa shape index (κ3) is 4.81. The van der Waals surface area contributed by atoms with Crippen molar-refractivity contribution in [2.45, 2.75) is 45.7 Å². The van der Waals surface area contributed by atoms with E-state index in [2.05, 4.69) is 18.9 Å². The number of nitrogens with zero attached hydrogens (tertiary/aromatic N) is 1. The molecule has 0 aliphatic heterocycles. The highest BCUT2D eigenvalue weighted by atomic mass is 16.3. The summed E-state index contributed by atoms with van der Waals surface area (Å²) >= 11 is 0. The second-order valence-corrected chi connectivity index (χ2v) is 4.61. The number of hydrogen-bond acceptors (Lipinski definition) is 3. The largest absolute Gasteiger partial charge is 0.465 e. The molecule has 92 valence electrons. The van der Waals surface area contributed by atoms with Crippen molar-refractivity contribution in [1.82, 2.24) is 4.90 Å². The predicted octanol–water partition coefficient (Wildman–Crippen LogP) is 2.54. The van der Waals surface area contributed by atoms with Crippen LogP contribution in [0.1, 0.15) is 37.7 Å². The van der Waals surface area contributed by atoms with Gasteiger partial charge in [-0.05, 0) is 32.5 Å². The molecular formula is C13H24N2O. The van der Waals surface area contributed by atoms with Crippen molar-refractivity contribution in [3.05, 3.63) is 23.7 Å². The molecular weight excluding hydrogens is 200 g/mol. The molecule has 0 fully saturated rings. The van der Waals surface area contributed by atoms with Gasteiger partial charge in [-0.2, -0.15) is 0 Å². The zero-order valence-corrected chi connectivity index (χ0v) is 10.7. The van der Waals surface area contributed by atoms with Crippen molar-refractivity contribution >= 4 is 0 Å². The maximum absolute atomic E-state index is 6.05. The summed E-state index contributed by atoms with van der Waals surface area (Å²) < 4.78 is 5.53. The maximum Gasteiger partial charge on any atom is 0.118 e. The van der Waals surface area contributed by atoms with Crippen LogP contribution in [-0.2, 0) is 6.54 Å². The molecule has 3 nitrogen and oxygen atoms in total. The van der Waals surface area contributed by atoms with Crippen LogP contribution in [0.3, 0.4) is 0 Å².